The Kier molecular flexibility index (Phi) is 4.53. The maximum Gasteiger partial charge on any atom is 0.226 e. The molecule has 0 saturated heterocycles. The SMILES string of the molecule is CC1(C)N=C(N)N=C(N)N1OCc1cc(Cl)cc(Cl)c1Cl. The number of benzene rings is 1. The second-order valence-corrected chi connectivity index (χ2v) is 6.08. The fraction of sp³-hybridized carbons (Fsp3) is 0.333. The highest BCUT2D eigenvalue weighted by molar-refractivity contribution is 6.43. The summed E-state index contributed by atoms with van der Waals surface area (Å²) in [7, 11) is 0. The van der Waals surface area contributed by atoms with Gasteiger partial charge in [0.2, 0.25) is 11.9 Å². The van der Waals surface area contributed by atoms with Crippen LogP contribution in [0.2, 0.25) is 15.1 Å². The van der Waals surface area contributed by atoms with Gasteiger partial charge in [0.15, 0.2) is 5.66 Å². The summed E-state index contributed by atoms with van der Waals surface area (Å²) in [6.45, 7) is 3.68. The summed E-state index contributed by atoms with van der Waals surface area (Å²) < 4.78 is 0. The Balaban J connectivity index is 2.19. The predicted molar refractivity (Wildman–Crippen MR) is 85.4 cm³/mol. The number of nitrogens with two attached hydrogens (primary N) is 2. The molecule has 114 valence electrons. The average molecular weight is 351 g/mol. The van der Waals surface area contributed by atoms with Gasteiger partial charge >= 0.3 is 0 Å². The number of hydrogen-bond donors (Lipinski definition) is 2. The molecule has 0 bridgehead atoms. The molecule has 0 fully saturated rings. The van der Waals surface area contributed by atoms with E-state index in [0.717, 1.165) is 0 Å². The van der Waals surface area contributed by atoms with E-state index in [-0.39, 0.29) is 18.5 Å². The van der Waals surface area contributed by atoms with E-state index >= 15 is 0 Å². The molecule has 9 heteroatoms. The number of guanidine groups is 2. The van der Waals surface area contributed by atoms with Gasteiger partial charge in [-0.1, -0.05) is 34.8 Å². The maximum absolute atomic E-state index is 6.12. The van der Waals surface area contributed by atoms with Crippen LogP contribution < -0.4 is 11.5 Å². The number of nitrogens with zero attached hydrogens (tertiary/aromatic N) is 3. The number of hydrogen-bond acceptors (Lipinski definition) is 6. The molecule has 1 aromatic rings. The number of hydroxylamine groups is 2. The molecule has 1 heterocycles. The molecule has 2 rings (SSSR count). The molecule has 6 nitrogen and oxygen atoms in total. The van der Waals surface area contributed by atoms with Crippen LogP contribution in [0.15, 0.2) is 22.1 Å². The van der Waals surface area contributed by atoms with Gasteiger partial charge in [-0.25, -0.2) is 4.99 Å². The second kappa shape index (κ2) is 5.88. The van der Waals surface area contributed by atoms with Crippen molar-refractivity contribution >= 4 is 46.7 Å². The van der Waals surface area contributed by atoms with Crippen molar-refractivity contribution in [2.75, 3.05) is 0 Å². The third kappa shape index (κ3) is 3.52. The molecule has 21 heavy (non-hydrogen) atoms. The highest BCUT2D eigenvalue weighted by Crippen LogP contribution is 2.31. The van der Waals surface area contributed by atoms with Crippen LogP contribution in [0.3, 0.4) is 0 Å². The van der Waals surface area contributed by atoms with Crippen LogP contribution in [-0.4, -0.2) is 22.6 Å². The van der Waals surface area contributed by atoms with Crippen molar-refractivity contribution in [2.24, 2.45) is 21.5 Å². The summed E-state index contributed by atoms with van der Waals surface area (Å²) in [5.74, 6) is 0.206. The third-order valence-corrected chi connectivity index (χ3v) is 3.80. The first-order valence-electron chi connectivity index (χ1n) is 5.97. The first kappa shape index (κ1) is 16.2. The molecule has 1 aliphatic rings. The molecule has 0 amide bonds. The molecule has 4 N–H and O–H groups in total. The van der Waals surface area contributed by atoms with Crippen LogP contribution in [0.5, 0.6) is 0 Å². The molecule has 0 spiro atoms. The monoisotopic (exact) mass is 349 g/mol. The number of halogens is 3. The molecular formula is C12H14Cl3N5O. The first-order valence-corrected chi connectivity index (χ1v) is 7.10. The van der Waals surface area contributed by atoms with Gasteiger partial charge < -0.3 is 11.5 Å². The lowest BCUT2D eigenvalue weighted by Gasteiger charge is -2.36. The van der Waals surface area contributed by atoms with Crippen LogP contribution in [0.1, 0.15) is 19.4 Å². The number of rotatable bonds is 3. The third-order valence-electron chi connectivity index (χ3n) is 2.74. The van der Waals surface area contributed by atoms with E-state index in [9.17, 15) is 0 Å². The van der Waals surface area contributed by atoms with Crippen LogP contribution in [0.4, 0.5) is 0 Å². The summed E-state index contributed by atoms with van der Waals surface area (Å²) in [6.07, 6.45) is 0. The summed E-state index contributed by atoms with van der Waals surface area (Å²) in [4.78, 5) is 13.7. The Labute approximate surface area is 137 Å². The largest absolute Gasteiger partial charge is 0.368 e. The topological polar surface area (TPSA) is 89.2 Å². The van der Waals surface area contributed by atoms with Gasteiger partial charge in [0, 0.05) is 10.6 Å². The molecule has 0 aromatic heterocycles. The molecule has 1 aromatic carbocycles. The molecule has 1 aliphatic heterocycles. The van der Waals surface area contributed by atoms with Crippen LogP contribution in [-0.2, 0) is 11.4 Å². The Morgan fingerprint density at radius 3 is 2.52 bits per heavy atom. The second-order valence-electron chi connectivity index (χ2n) is 4.86. The lowest BCUT2D eigenvalue weighted by molar-refractivity contribution is -0.166. The lowest BCUT2D eigenvalue weighted by atomic mass is 10.2. The standard InChI is InChI=1S/C12H14Cl3N5O/c1-12(2)19-10(16)18-11(17)20(12)21-5-6-3-7(13)4-8(14)9(6)15/h3-4H,5H2,1-2H3,(H4,16,17,18,19). The summed E-state index contributed by atoms with van der Waals surface area (Å²) in [5.41, 5.74) is 11.2. The van der Waals surface area contributed by atoms with Crippen LogP contribution >= 0.6 is 34.8 Å². The maximum atomic E-state index is 6.12. The van der Waals surface area contributed by atoms with Crippen LogP contribution in [0, 0.1) is 0 Å². The van der Waals surface area contributed by atoms with Gasteiger partial charge in [0.25, 0.3) is 0 Å². The minimum absolute atomic E-state index is 0.0983. The zero-order valence-electron chi connectivity index (χ0n) is 11.4. The van der Waals surface area contributed by atoms with Gasteiger partial charge in [-0.15, -0.1) is 0 Å². The highest BCUT2D eigenvalue weighted by Gasteiger charge is 2.33. The zero-order chi connectivity index (χ0) is 15.8. The van der Waals surface area contributed by atoms with E-state index in [4.69, 9.17) is 51.1 Å². The minimum atomic E-state index is -0.787. The minimum Gasteiger partial charge on any atom is -0.368 e. The van der Waals surface area contributed by atoms with E-state index in [2.05, 4.69) is 9.98 Å². The van der Waals surface area contributed by atoms with Crippen molar-refractivity contribution in [3.05, 3.63) is 32.8 Å². The summed E-state index contributed by atoms with van der Waals surface area (Å²) in [5, 5.41) is 2.54. The van der Waals surface area contributed by atoms with E-state index in [1.54, 1.807) is 26.0 Å². The van der Waals surface area contributed by atoms with Crippen molar-refractivity contribution in [1.29, 1.82) is 0 Å². The van der Waals surface area contributed by atoms with E-state index < -0.39 is 5.66 Å². The summed E-state index contributed by atoms with van der Waals surface area (Å²) >= 11 is 18.0. The Morgan fingerprint density at radius 2 is 1.90 bits per heavy atom. The summed E-state index contributed by atoms with van der Waals surface area (Å²) in [6, 6.07) is 3.22. The normalized spacial score (nSPS) is 17.5. The fourth-order valence-corrected chi connectivity index (χ4v) is 2.57. The van der Waals surface area contributed by atoms with E-state index in [0.29, 0.717) is 20.6 Å². The molecule has 0 aliphatic carbocycles. The lowest BCUT2D eigenvalue weighted by Crippen LogP contribution is -2.53. The Bertz CT molecular complexity index is 630. The van der Waals surface area contributed by atoms with E-state index in [1.165, 1.54) is 5.06 Å². The van der Waals surface area contributed by atoms with Crippen molar-refractivity contribution in [3.8, 4) is 0 Å². The van der Waals surface area contributed by atoms with Crippen molar-refractivity contribution in [1.82, 2.24) is 5.06 Å². The van der Waals surface area contributed by atoms with Crippen molar-refractivity contribution < 1.29 is 4.84 Å². The Morgan fingerprint density at radius 1 is 1.24 bits per heavy atom. The van der Waals surface area contributed by atoms with Crippen molar-refractivity contribution in [3.63, 3.8) is 0 Å². The van der Waals surface area contributed by atoms with Gasteiger partial charge in [-0.2, -0.15) is 10.1 Å². The average Bonchev–Trinajstić information content (AvgIpc) is 2.32. The van der Waals surface area contributed by atoms with Gasteiger partial charge in [0.05, 0.1) is 10.0 Å². The van der Waals surface area contributed by atoms with Gasteiger partial charge in [-0.3, -0.25) is 4.84 Å². The fourth-order valence-electron chi connectivity index (χ4n) is 1.87. The van der Waals surface area contributed by atoms with Gasteiger partial charge in [0.1, 0.15) is 6.61 Å². The molecule has 0 radical (unpaired) electrons. The molecule has 0 atom stereocenters. The molecule has 0 unspecified atom stereocenters. The number of aliphatic imine (C=N–C) groups is 2. The highest BCUT2D eigenvalue weighted by atomic mass is 35.5. The zero-order valence-corrected chi connectivity index (χ0v) is 13.7. The van der Waals surface area contributed by atoms with E-state index in [1.807, 2.05) is 0 Å². The molecular weight excluding hydrogens is 337 g/mol. The predicted octanol–water partition coefficient (Wildman–Crippen LogP) is 2.76. The van der Waals surface area contributed by atoms with Crippen LogP contribution in [0.25, 0.3) is 0 Å². The van der Waals surface area contributed by atoms with Crippen molar-refractivity contribution in [2.45, 2.75) is 26.1 Å². The quantitative estimate of drug-likeness (QED) is 0.820. The first-order chi connectivity index (χ1) is 9.70. The molecule has 0 saturated carbocycles. The smallest absolute Gasteiger partial charge is 0.226 e. The Hall–Kier alpha value is -1.21. The van der Waals surface area contributed by atoms with Gasteiger partial charge in [-0.05, 0) is 26.0 Å².